The van der Waals surface area contributed by atoms with E-state index in [9.17, 15) is 9.59 Å². The summed E-state index contributed by atoms with van der Waals surface area (Å²) in [6, 6.07) is 15.2. The van der Waals surface area contributed by atoms with Crippen LogP contribution in [0.1, 0.15) is 63.1 Å². The minimum Gasteiger partial charge on any atom is -0.496 e. The average Bonchev–Trinajstić information content (AvgIpc) is 3.27. The van der Waals surface area contributed by atoms with Gasteiger partial charge in [0.1, 0.15) is 11.8 Å². The summed E-state index contributed by atoms with van der Waals surface area (Å²) in [5.41, 5.74) is 3.76. The Kier molecular flexibility index (Phi) is 8.31. The SMILES string of the molecule is CCCC1=C(C(=O)OCC)[C@@H](c2ccccc2OC)n2c(s/c(=C/c3ccc(N4CCCCC4)cc3)c2=O)=N1. The maximum absolute atomic E-state index is 14.0. The van der Waals surface area contributed by atoms with Gasteiger partial charge in [-0.15, -0.1) is 0 Å². The van der Waals surface area contributed by atoms with E-state index in [4.69, 9.17) is 14.5 Å². The normalized spacial score (nSPS) is 17.6. The molecule has 2 aliphatic heterocycles. The van der Waals surface area contributed by atoms with Crippen molar-refractivity contribution >= 4 is 29.1 Å². The Bertz CT molecular complexity index is 1550. The molecule has 1 saturated heterocycles. The van der Waals surface area contributed by atoms with Gasteiger partial charge in [0.05, 0.1) is 29.5 Å². The number of anilines is 1. The van der Waals surface area contributed by atoms with E-state index < -0.39 is 12.0 Å². The van der Waals surface area contributed by atoms with Crippen LogP contribution >= 0.6 is 11.3 Å². The van der Waals surface area contributed by atoms with Gasteiger partial charge >= 0.3 is 5.97 Å². The smallest absolute Gasteiger partial charge is 0.338 e. The predicted octanol–water partition coefficient (Wildman–Crippen LogP) is 4.58. The number of carbonyl (C=O) groups is 1. The number of ether oxygens (including phenoxy) is 2. The number of nitrogens with zero attached hydrogens (tertiary/aromatic N) is 3. The van der Waals surface area contributed by atoms with Crippen LogP contribution in [0.5, 0.6) is 5.75 Å². The lowest BCUT2D eigenvalue weighted by Gasteiger charge is -2.28. The molecule has 204 valence electrons. The summed E-state index contributed by atoms with van der Waals surface area (Å²) in [5, 5.41) is 0. The quantitative estimate of drug-likeness (QED) is 0.388. The molecule has 1 aromatic heterocycles. The number of methoxy groups -OCH3 is 1. The molecule has 0 aliphatic carbocycles. The van der Waals surface area contributed by atoms with Crippen LogP contribution in [0.15, 0.2) is 69.6 Å². The molecular weight excluding hydrogens is 510 g/mol. The van der Waals surface area contributed by atoms with E-state index in [1.54, 1.807) is 18.6 Å². The fraction of sp³-hybridized carbons (Fsp3) is 0.387. The second-order valence-corrected chi connectivity index (χ2v) is 10.8. The molecule has 0 spiro atoms. The number of rotatable bonds is 8. The standard InChI is InChI=1S/C31H35N3O4S/c1-4-11-24-27(30(36)38-5-2)28(23-12-7-8-13-25(23)37-3)34-29(35)26(39-31(34)32-24)20-21-14-16-22(17-15-21)33-18-9-6-10-19-33/h7-8,12-17,20,28H,4-6,9-11,18-19H2,1-3H3/b26-20+/t28-/m1/s1. The van der Waals surface area contributed by atoms with E-state index in [-0.39, 0.29) is 12.2 Å². The number of benzene rings is 2. The molecule has 0 N–H and O–H groups in total. The molecule has 0 bridgehead atoms. The summed E-state index contributed by atoms with van der Waals surface area (Å²) < 4.78 is 13.3. The first kappa shape index (κ1) is 26.9. The first-order chi connectivity index (χ1) is 19.0. The van der Waals surface area contributed by atoms with Crippen molar-refractivity contribution in [2.24, 2.45) is 4.99 Å². The Hall–Kier alpha value is -3.65. The number of aromatic nitrogens is 1. The highest BCUT2D eigenvalue weighted by Crippen LogP contribution is 2.36. The number of piperidine rings is 1. The second-order valence-electron chi connectivity index (χ2n) is 9.79. The maximum atomic E-state index is 14.0. The number of allylic oxidation sites excluding steroid dienone is 1. The molecule has 2 aliphatic rings. The van der Waals surface area contributed by atoms with Gasteiger partial charge < -0.3 is 14.4 Å². The molecule has 0 radical (unpaired) electrons. The minimum atomic E-state index is -0.693. The molecule has 3 heterocycles. The topological polar surface area (TPSA) is 73.1 Å². The number of carbonyl (C=O) groups excluding carboxylic acids is 1. The van der Waals surface area contributed by atoms with Crippen LogP contribution in [-0.2, 0) is 9.53 Å². The fourth-order valence-corrected chi connectivity index (χ4v) is 6.41. The summed E-state index contributed by atoms with van der Waals surface area (Å²) in [4.78, 5) is 35.1. The monoisotopic (exact) mass is 545 g/mol. The molecular formula is C31H35N3O4S. The van der Waals surface area contributed by atoms with Gasteiger partial charge in [0.15, 0.2) is 4.80 Å². The largest absolute Gasteiger partial charge is 0.496 e. The van der Waals surface area contributed by atoms with Crippen LogP contribution < -0.4 is 24.5 Å². The van der Waals surface area contributed by atoms with Crippen molar-refractivity contribution in [3.05, 3.63) is 90.6 Å². The maximum Gasteiger partial charge on any atom is 0.338 e. The second kappa shape index (κ2) is 12.0. The molecule has 2 aromatic carbocycles. The van der Waals surface area contributed by atoms with Crippen molar-refractivity contribution in [3.63, 3.8) is 0 Å². The zero-order valence-corrected chi connectivity index (χ0v) is 23.6. The van der Waals surface area contributed by atoms with Crippen LogP contribution in [0.2, 0.25) is 0 Å². The molecule has 1 atom stereocenters. The summed E-state index contributed by atoms with van der Waals surface area (Å²) >= 11 is 1.35. The van der Waals surface area contributed by atoms with E-state index in [1.165, 1.54) is 36.3 Å². The number of esters is 1. The Morgan fingerprint density at radius 1 is 1.08 bits per heavy atom. The molecule has 39 heavy (non-hydrogen) atoms. The number of thiazole rings is 1. The van der Waals surface area contributed by atoms with Gasteiger partial charge in [0, 0.05) is 24.3 Å². The van der Waals surface area contributed by atoms with Crippen molar-refractivity contribution in [1.82, 2.24) is 4.57 Å². The molecule has 8 heteroatoms. The van der Waals surface area contributed by atoms with Crippen LogP contribution in [0.3, 0.4) is 0 Å². The average molecular weight is 546 g/mol. The lowest BCUT2D eigenvalue weighted by atomic mass is 9.93. The van der Waals surface area contributed by atoms with Crippen molar-refractivity contribution < 1.29 is 14.3 Å². The van der Waals surface area contributed by atoms with Crippen LogP contribution in [0.25, 0.3) is 6.08 Å². The van der Waals surface area contributed by atoms with Crippen molar-refractivity contribution in [3.8, 4) is 5.75 Å². The lowest BCUT2D eigenvalue weighted by molar-refractivity contribution is -0.139. The highest BCUT2D eigenvalue weighted by atomic mass is 32.1. The van der Waals surface area contributed by atoms with Gasteiger partial charge in [-0.2, -0.15) is 0 Å². The van der Waals surface area contributed by atoms with Gasteiger partial charge in [-0.3, -0.25) is 9.36 Å². The zero-order valence-electron chi connectivity index (χ0n) is 22.8. The van der Waals surface area contributed by atoms with E-state index in [2.05, 4.69) is 29.2 Å². The third kappa shape index (κ3) is 5.43. The Labute approximate surface area is 232 Å². The highest BCUT2D eigenvalue weighted by Gasteiger charge is 2.35. The van der Waals surface area contributed by atoms with E-state index in [1.807, 2.05) is 37.3 Å². The Morgan fingerprint density at radius 2 is 1.82 bits per heavy atom. The number of fused-ring (bicyclic) bond motifs is 1. The van der Waals surface area contributed by atoms with Gasteiger partial charge in [-0.1, -0.05) is 55.0 Å². The van der Waals surface area contributed by atoms with Gasteiger partial charge in [-0.05, 0) is 62.4 Å². The molecule has 0 amide bonds. The zero-order chi connectivity index (χ0) is 27.4. The molecule has 3 aromatic rings. The highest BCUT2D eigenvalue weighted by molar-refractivity contribution is 7.07. The number of hydrogen-bond acceptors (Lipinski definition) is 7. The summed E-state index contributed by atoms with van der Waals surface area (Å²) in [6.07, 6.45) is 7.06. The van der Waals surface area contributed by atoms with E-state index >= 15 is 0 Å². The Morgan fingerprint density at radius 3 is 2.51 bits per heavy atom. The Balaban J connectivity index is 1.64. The van der Waals surface area contributed by atoms with Crippen LogP contribution in [0.4, 0.5) is 5.69 Å². The van der Waals surface area contributed by atoms with Gasteiger partial charge in [0.25, 0.3) is 5.56 Å². The minimum absolute atomic E-state index is 0.188. The van der Waals surface area contributed by atoms with Crippen molar-refractivity contribution in [1.29, 1.82) is 0 Å². The van der Waals surface area contributed by atoms with Gasteiger partial charge in [0.2, 0.25) is 0 Å². The molecule has 1 fully saturated rings. The lowest BCUT2D eigenvalue weighted by Crippen LogP contribution is -2.40. The molecule has 0 saturated carbocycles. The van der Waals surface area contributed by atoms with Crippen molar-refractivity contribution in [2.75, 3.05) is 31.7 Å². The van der Waals surface area contributed by atoms with E-state index in [0.29, 0.717) is 32.8 Å². The summed E-state index contributed by atoms with van der Waals surface area (Å²) in [5.74, 6) is 0.146. The van der Waals surface area contributed by atoms with Crippen LogP contribution in [-0.4, -0.2) is 37.3 Å². The van der Waals surface area contributed by atoms with Gasteiger partial charge in [-0.25, -0.2) is 9.79 Å². The molecule has 7 nitrogen and oxygen atoms in total. The summed E-state index contributed by atoms with van der Waals surface area (Å²) in [7, 11) is 1.59. The van der Waals surface area contributed by atoms with Crippen molar-refractivity contribution in [2.45, 2.75) is 52.0 Å². The fourth-order valence-electron chi connectivity index (χ4n) is 5.39. The molecule has 5 rings (SSSR count). The predicted molar refractivity (Wildman–Crippen MR) is 155 cm³/mol. The number of para-hydroxylation sites is 1. The van der Waals surface area contributed by atoms with Crippen LogP contribution in [0, 0.1) is 0 Å². The molecule has 0 unspecified atom stereocenters. The first-order valence-electron chi connectivity index (χ1n) is 13.8. The number of hydrogen-bond donors (Lipinski definition) is 0. The van der Waals surface area contributed by atoms with E-state index in [0.717, 1.165) is 30.6 Å². The third-order valence-corrected chi connectivity index (χ3v) is 8.22. The first-order valence-corrected chi connectivity index (χ1v) is 14.6. The third-order valence-electron chi connectivity index (χ3n) is 7.24. The summed E-state index contributed by atoms with van der Waals surface area (Å²) in [6.45, 7) is 6.24.